The van der Waals surface area contributed by atoms with Gasteiger partial charge in [0.1, 0.15) is 12.4 Å². The Hall–Kier alpha value is -3.97. The minimum absolute atomic E-state index is 0.0282. The molecule has 0 atom stereocenters. The highest BCUT2D eigenvalue weighted by molar-refractivity contribution is 7.80. The molecule has 3 aromatic carbocycles. The fourth-order valence-corrected chi connectivity index (χ4v) is 2.88. The zero-order chi connectivity index (χ0) is 22.8. The first-order valence-corrected chi connectivity index (χ1v) is 10.3. The summed E-state index contributed by atoms with van der Waals surface area (Å²) < 4.78 is 5.80. The fourth-order valence-electron chi connectivity index (χ4n) is 2.73. The molecule has 6 nitrogen and oxygen atoms in total. The van der Waals surface area contributed by atoms with Crippen LogP contribution in [0.3, 0.4) is 0 Å². The summed E-state index contributed by atoms with van der Waals surface area (Å²) in [6.45, 7) is 2.33. The maximum Gasteiger partial charge on any atom is 0.273 e. The quantitative estimate of drug-likeness (QED) is 0.304. The molecule has 3 aromatic rings. The summed E-state index contributed by atoms with van der Waals surface area (Å²) in [6, 6.07) is 24.3. The second-order valence-electron chi connectivity index (χ2n) is 6.91. The lowest BCUT2D eigenvalue weighted by Crippen LogP contribution is -2.48. The molecule has 0 fully saturated rings. The smallest absolute Gasteiger partial charge is 0.273 e. The Labute approximate surface area is 192 Å². The van der Waals surface area contributed by atoms with Gasteiger partial charge in [0, 0.05) is 6.08 Å². The topological polar surface area (TPSA) is 79.5 Å². The molecular formula is C25H23N3O3S. The molecule has 0 spiro atoms. The second kappa shape index (κ2) is 11.4. The van der Waals surface area contributed by atoms with Gasteiger partial charge in [-0.1, -0.05) is 72.3 Å². The number of carbonyl (C=O) groups is 2. The van der Waals surface area contributed by atoms with E-state index in [1.165, 1.54) is 6.08 Å². The molecule has 0 radical (unpaired) electrons. The van der Waals surface area contributed by atoms with Crippen LogP contribution in [0.1, 0.15) is 27.0 Å². The first kappa shape index (κ1) is 22.7. The van der Waals surface area contributed by atoms with Crippen LogP contribution in [0.15, 0.2) is 84.9 Å². The van der Waals surface area contributed by atoms with Crippen LogP contribution in [0.25, 0.3) is 6.08 Å². The van der Waals surface area contributed by atoms with E-state index < -0.39 is 11.8 Å². The number of carbonyl (C=O) groups excluding carboxylic acids is 2. The maximum absolute atomic E-state index is 12.6. The number of ether oxygens (including phenoxy) is 1. The lowest BCUT2D eigenvalue weighted by molar-refractivity contribution is -0.115. The minimum Gasteiger partial charge on any atom is -0.488 e. The second-order valence-corrected chi connectivity index (χ2v) is 7.32. The van der Waals surface area contributed by atoms with Crippen molar-refractivity contribution in [1.29, 1.82) is 0 Å². The number of benzene rings is 3. The highest BCUT2D eigenvalue weighted by Gasteiger charge is 2.12. The van der Waals surface area contributed by atoms with Gasteiger partial charge < -0.3 is 4.74 Å². The molecule has 0 aromatic heterocycles. The molecule has 0 bridgehead atoms. The average Bonchev–Trinajstić information content (AvgIpc) is 2.81. The number of para-hydroxylation sites is 1. The third-order valence-corrected chi connectivity index (χ3v) is 4.60. The Bertz CT molecular complexity index is 1110. The average molecular weight is 446 g/mol. The number of amides is 2. The van der Waals surface area contributed by atoms with Gasteiger partial charge in [-0.2, -0.15) is 0 Å². The molecule has 3 N–H and O–H groups in total. The van der Waals surface area contributed by atoms with Gasteiger partial charge in [0.05, 0.1) is 5.56 Å². The highest BCUT2D eigenvalue weighted by Crippen LogP contribution is 2.19. The van der Waals surface area contributed by atoms with E-state index in [4.69, 9.17) is 17.0 Å². The standard InChI is InChI=1S/C25H23N3O3S/c1-18-11-13-19(14-12-18)15-16-23(29)26-25(32)28-27-24(30)21-9-5-6-10-22(21)31-17-20-7-3-2-4-8-20/h2-16H,17H2,1H3,(H,27,30)(H2,26,28,29,32)/b16-15+. The highest BCUT2D eigenvalue weighted by atomic mass is 32.1. The molecule has 162 valence electrons. The number of nitrogens with one attached hydrogen (secondary N) is 3. The van der Waals surface area contributed by atoms with E-state index in [9.17, 15) is 9.59 Å². The normalized spacial score (nSPS) is 10.4. The number of thiocarbonyl (C=S) groups is 1. The van der Waals surface area contributed by atoms with Crippen LogP contribution in [0.2, 0.25) is 0 Å². The van der Waals surface area contributed by atoms with E-state index in [1.807, 2.05) is 61.5 Å². The SMILES string of the molecule is Cc1ccc(/C=C/C(=O)NC(=S)NNC(=O)c2ccccc2OCc2ccccc2)cc1. The molecular weight excluding hydrogens is 422 g/mol. The van der Waals surface area contributed by atoms with Gasteiger partial charge in [-0.15, -0.1) is 0 Å². The van der Waals surface area contributed by atoms with Crippen molar-refractivity contribution in [2.24, 2.45) is 0 Å². The van der Waals surface area contributed by atoms with Crippen molar-refractivity contribution in [2.75, 3.05) is 0 Å². The number of rotatable bonds is 6. The van der Waals surface area contributed by atoms with Crippen LogP contribution in [-0.2, 0) is 11.4 Å². The number of hydrazine groups is 1. The number of aryl methyl sites for hydroxylation is 1. The van der Waals surface area contributed by atoms with E-state index >= 15 is 0 Å². The zero-order valence-corrected chi connectivity index (χ0v) is 18.3. The third-order valence-electron chi connectivity index (χ3n) is 4.40. The number of hydrogen-bond donors (Lipinski definition) is 3. The number of hydrogen-bond acceptors (Lipinski definition) is 4. The van der Waals surface area contributed by atoms with Gasteiger partial charge in [-0.05, 0) is 48.5 Å². The van der Waals surface area contributed by atoms with E-state index in [2.05, 4.69) is 16.2 Å². The van der Waals surface area contributed by atoms with Crippen molar-refractivity contribution in [2.45, 2.75) is 13.5 Å². The molecule has 0 saturated carbocycles. The van der Waals surface area contributed by atoms with Crippen LogP contribution < -0.4 is 20.9 Å². The monoisotopic (exact) mass is 445 g/mol. The Morgan fingerprint density at radius 3 is 2.34 bits per heavy atom. The summed E-state index contributed by atoms with van der Waals surface area (Å²) in [6.07, 6.45) is 3.05. The Morgan fingerprint density at radius 2 is 1.59 bits per heavy atom. The van der Waals surface area contributed by atoms with Gasteiger partial charge in [-0.3, -0.25) is 25.8 Å². The van der Waals surface area contributed by atoms with Crippen molar-refractivity contribution in [3.05, 3.63) is 107 Å². The molecule has 0 unspecified atom stereocenters. The summed E-state index contributed by atoms with van der Waals surface area (Å²) in [7, 11) is 0. The van der Waals surface area contributed by atoms with Crippen molar-refractivity contribution in [3.63, 3.8) is 0 Å². The van der Waals surface area contributed by atoms with Gasteiger partial charge in [-0.25, -0.2) is 0 Å². The molecule has 32 heavy (non-hydrogen) atoms. The van der Waals surface area contributed by atoms with Crippen molar-refractivity contribution < 1.29 is 14.3 Å². The van der Waals surface area contributed by atoms with Crippen LogP contribution in [0, 0.1) is 6.92 Å². The van der Waals surface area contributed by atoms with Gasteiger partial charge in [0.2, 0.25) is 5.91 Å². The predicted octanol–water partition coefficient (Wildman–Crippen LogP) is 3.92. The molecule has 0 aliphatic carbocycles. The summed E-state index contributed by atoms with van der Waals surface area (Å²) in [5, 5.41) is 2.45. The van der Waals surface area contributed by atoms with Gasteiger partial charge >= 0.3 is 0 Å². The van der Waals surface area contributed by atoms with Gasteiger partial charge in [0.25, 0.3) is 5.91 Å². The van der Waals surface area contributed by atoms with Crippen LogP contribution in [0.5, 0.6) is 5.75 Å². The van der Waals surface area contributed by atoms with Crippen LogP contribution in [-0.4, -0.2) is 16.9 Å². The molecule has 0 aliphatic rings. The zero-order valence-electron chi connectivity index (χ0n) is 17.5. The van der Waals surface area contributed by atoms with E-state index in [1.54, 1.807) is 30.3 Å². The molecule has 0 aliphatic heterocycles. The molecule has 0 heterocycles. The Kier molecular flexibility index (Phi) is 8.11. The minimum atomic E-state index is -0.444. The first-order valence-electron chi connectivity index (χ1n) is 9.93. The summed E-state index contributed by atoms with van der Waals surface area (Å²) >= 11 is 5.07. The lowest BCUT2D eigenvalue weighted by atomic mass is 10.1. The van der Waals surface area contributed by atoms with E-state index in [0.717, 1.165) is 16.7 Å². The lowest BCUT2D eigenvalue weighted by Gasteiger charge is -2.13. The largest absolute Gasteiger partial charge is 0.488 e. The molecule has 0 saturated heterocycles. The first-order chi connectivity index (χ1) is 15.5. The molecule has 2 amide bonds. The predicted molar refractivity (Wildman–Crippen MR) is 129 cm³/mol. The fraction of sp³-hybridized carbons (Fsp3) is 0.0800. The molecule has 7 heteroatoms. The Morgan fingerprint density at radius 1 is 0.906 bits per heavy atom. The van der Waals surface area contributed by atoms with Gasteiger partial charge in [0.15, 0.2) is 5.11 Å². The van der Waals surface area contributed by atoms with Crippen LogP contribution >= 0.6 is 12.2 Å². The molecule has 3 rings (SSSR count). The summed E-state index contributed by atoms with van der Waals surface area (Å²) in [5.41, 5.74) is 8.36. The van der Waals surface area contributed by atoms with E-state index in [0.29, 0.717) is 17.9 Å². The van der Waals surface area contributed by atoms with Crippen LogP contribution in [0.4, 0.5) is 0 Å². The van der Waals surface area contributed by atoms with Crippen molar-refractivity contribution in [1.82, 2.24) is 16.2 Å². The Balaban J connectivity index is 1.50. The van der Waals surface area contributed by atoms with E-state index in [-0.39, 0.29) is 5.11 Å². The third kappa shape index (κ3) is 7.07. The van der Waals surface area contributed by atoms with Crippen molar-refractivity contribution in [3.8, 4) is 5.75 Å². The maximum atomic E-state index is 12.6. The summed E-state index contributed by atoms with van der Waals surface area (Å²) in [5.74, 6) is -0.420. The van der Waals surface area contributed by atoms with Crippen molar-refractivity contribution >= 4 is 35.2 Å². The summed E-state index contributed by atoms with van der Waals surface area (Å²) in [4.78, 5) is 24.6.